The highest BCUT2D eigenvalue weighted by atomic mass is 35.5. The minimum absolute atomic E-state index is 0.202. The minimum Gasteiger partial charge on any atom is -0.379 e. The Morgan fingerprint density at radius 3 is 2.51 bits per heavy atom. The zero-order valence-electron chi connectivity index (χ0n) is 21.3. The maximum absolute atomic E-state index is 13.1. The van der Waals surface area contributed by atoms with Crippen molar-refractivity contribution in [3.8, 4) is 17.5 Å². The quantitative estimate of drug-likeness (QED) is 0.494. The normalized spacial score (nSPS) is 16.8. The number of hydrogen-bond acceptors (Lipinski definition) is 5. The van der Waals surface area contributed by atoms with Gasteiger partial charge < -0.3 is 15.0 Å². The van der Waals surface area contributed by atoms with Crippen LogP contribution in [0.3, 0.4) is 0 Å². The van der Waals surface area contributed by atoms with Gasteiger partial charge in [-0.3, -0.25) is 9.69 Å². The molecule has 1 amide bonds. The van der Waals surface area contributed by atoms with E-state index in [1.807, 2.05) is 38.1 Å². The summed E-state index contributed by atoms with van der Waals surface area (Å²) in [6.45, 7) is 9.45. The molecule has 2 aromatic carbocycles. The number of rotatable bonds is 5. The number of carbonyl (C=O) groups excluding carboxylic acids is 1. The number of benzene rings is 2. The third kappa shape index (κ3) is 5.67. The molecular weight excluding hydrogens is 486 g/mol. The Hall–Kier alpha value is -3.31. The number of ether oxygens (including phenoxy) is 1. The molecule has 2 saturated heterocycles. The summed E-state index contributed by atoms with van der Waals surface area (Å²) in [7, 11) is 0. The van der Waals surface area contributed by atoms with Crippen molar-refractivity contribution in [1.29, 1.82) is 0 Å². The first-order chi connectivity index (χ1) is 18.0. The number of nitrogens with zero attached hydrogens (tertiary/aromatic N) is 4. The van der Waals surface area contributed by atoms with Gasteiger partial charge in [0.2, 0.25) is 0 Å². The van der Waals surface area contributed by atoms with Crippen LogP contribution in [-0.4, -0.2) is 66.0 Å². The SMILES string of the molecule is CC#Cc1cc(NC(=O)c2cnn(-c3ccc(Cl)cc3)c2C)ccc1N1CCC(N2CCOCC2)CC1. The van der Waals surface area contributed by atoms with Crippen molar-refractivity contribution in [2.45, 2.75) is 32.7 Å². The molecule has 0 radical (unpaired) electrons. The Kier molecular flexibility index (Phi) is 7.80. The molecule has 2 aliphatic heterocycles. The maximum Gasteiger partial charge on any atom is 0.259 e. The average Bonchev–Trinajstić information content (AvgIpc) is 3.31. The van der Waals surface area contributed by atoms with Crippen LogP contribution in [0.5, 0.6) is 0 Å². The Morgan fingerprint density at radius 2 is 1.81 bits per heavy atom. The first-order valence-electron chi connectivity index (χ1n) is 12.8. The summed E-state index contributed by atoms with van der Waals surface area (Å²) >= 11 is 6.01. The third-order valence-corrected chi connectivity index (χ3v) is 7.46. The predicted octanol–water partition coefficient (Wildman–Crippen LogP) is 4.76. The van der Waals surface area contributed by atoms with Crippen molar-refractivity contribution < 1.29 is 9.53 Å². The van der Waals surface area contributed by atoms with E-state index in [1.54, 1.807) is 23.0 Å². The van der Waals surface area contributed by atoms with E-state index in [0.717, 1.165) is 74.9 Å². The molecule has 2 fully saturated rings. The second-order valence-corrected chi connectivity index (χ2v) is 9.90. The second kappa shape index (κ2) is 11.4. The van der Waals surface area contributed by atoms with Gasteiger partial charge in [0.15, 0.2) is 0 Å². The zero-order valence-corrected chi connectivity index (χ0v) is 22.1. The predicted molar refractivity (Wildman–Crippen MR) is 148 cm³/mol. The molecule has 37 heavy (non-hydrogen) atoms. The minimum atomic E-state index is -0.202. The van der Waals surface area contributed by atoms with Gasteiger partial charge in [-0.2, -0.15) is 5.10 Å². The van der Waals surface area contributed by atoms with Gasteiger partial charge in [0, 0.05) is 48.5 Å². The van der Waals surface area contributed by atoms with E-state index in [9.17, 15) is 4.79 Å². The fourth-order valence-electron chi connectivity index (χ4n) is 5.21. The van der Waals surface area contributed by atoms with Crippen LogP contribution >= 0.6 is 11.6 Å². The lowest BCUT2D eigenvalue weighted by atomic mass is 10.0. The Balaban J connectivity index is 1.28. The summed E-state index contributed by atoms with van der Waals surface area (Å²) in [5.74, 6) is 6.08. The molecule has 7 nitrogen and oxygen atoms in total. The number of carbonyl (C=O) groups is 1. The molecule has 0 aliphatic carbocycles. The molecule has 0 spiro atoms. The number of aromatic nitrogens is 2. The van der Waals surface area contributed by atoms with E-state index >= 15 is 0 Å². The average molecular weight is 518 g/mol. The van der Waals surface area contributed by atoms with Gasteiger partial charge in [-0.15, -0.1) is 5.92 Å². The molecule has 192 valence electrons. The smallest absolute Gasteiger partial charge is 0.259 e. The van der Waals surface area contributed by atoms with Crippen LogP contribution in [0, 0.1) is 18.8 Å². The monoisotopic (exact) mass is 517 g/mol. The largest absolute Gasteiger partial charge is 0.379 e. The number of amides is 1. The number of morpholine rings is 1. The van der Waals surface area contributed by atoms with Gasteiger partial charge in [-0.05, 0) is 69.2 Å². The van der Waals surface area contributed by atoms with Crippen LogP contribution in [0.4, 0.5) is 11.4 Å². The molecule has 0 bridgehead atoms. The summed E-state index contributed by atoms with van der Waals surface area (Å²) in [5.41, 5.74) is 4.90. The van der Waals surface area contributed by atoms with E-state index in [1.165, 1.54) is 0 Å². The molecule has 0 atom stereocenters. The fourth-order valence-corrected chi connectivity index (χ4v) is 5.34. The van der Waals surface area contributed by atoms with Crippen molar-refractivity contribution >= 4 is 28.9 Å². The maximum atomic E-state index is 13.1. The van der Waals surface area contributed by atoms with E-state index in [-0.39, 0.29) is 5.91 Å². The summed E-state index contributed by atoms with van der Waals surface area (Å²) < 4.78 is 7.25. The van der Waals surface area contributed by atoms with Gasteiger partial charge in [-0.1, -0.05) is 17.5 Å². The molecule has 5 rings (SSSR count). The molecule has 3 heterocycles. The molecule has 1 N–H and O–H groups in total. The van der Waals surface area contributed by atoms with Crippen LogP contribution in [0.2, 0.25) is 5.02 Å². The molecule has 0 unspecified atom stereocenters. The molecule has 3 aromatic rings. The highest BCUT2D eigenvalue weighted by Gasteiger charge is 2.27. The summed E-state index contributed by atoms with van der Waals surface area (Å²) in [6, 6.07) is 14.0. The first kappa shape index (κ1) is 25.3. The van der Waals surface area contributed by atoms with Gasteiger partial charge in [0.25, 0.3) is 5.91 Å². The number of piperidine rings is 1. The lowest BCUT2D eigenvalue weighted by Crippen LogP contribution is -2.49. The van der Waals surface area contributed by atoms with E-state index in [2.05, 4.69) is 38.1 Å². The van der Waals surface area contributed by atoms with Crippen LogP contribution in [0.25, 0.3) is 5.69 Å². The molecule has 2 aliphatic rings. The number of hydrogen-bond donors (Lipinski definition) is 1. The summed E-state index contributed by atoms with van der Waals surface area (Å²) in [6.07, 6.45) is 3.86. The van der Waals surface area contributed by atoms with Gasteiger partial charge in [-0.25, -0.2) is 4.68 Å². The lowest BCUT2D eigenvalue weighted by Gasteiger charge is -2.41. The van der Waals surface area contributed by atoms with Crippen molar-refractivity contribution in [3.05, 3.63) is 70.5 Å². The van der Waals surface area contributed by atoms with Crippen LogP contribution in [0.1, 0.15) is 41.4 Å². The highest BCUT2D eigenvalue weighted by Crippen LogP contribution is 2.29. The summed E-state index contributed by atoms with van der Waals surface area (Å²) in [4.78, 5) is 18.1. The number of halogens is 1. The Morgan fingerprint density at radius 1 is 1.08 bits per heavy atom. The molecule has 8 heteroatoms. The van der Waals surface area contributed by atoms with E-state index in [0.29, 0.717) is 22.3 Å². The van der Waals surface area contributed by atoms with Crippen LogP contribution in [-0.2, 0) is 4.74 Å². The first-order valence-corrected chi connectivity index (χ1v) is 13.2. The van der Waals surface area contributed by atoms with Crippen LogP contribution in [0.15, 0.2) is 48.7 Å². The van der Waals surface area contributed by atoms with E-state index in [4.69, 9.17) is 16.3 Å². The molecular formula is C29H32ClN5O2. The van der Waals surface area contributed by atoms with Crippen molar-refractivity contribution in [3.63, 3.8) is 0 Å². The van der Waals surface area contributed by atoms with Gasteiger partial charge in [0.05, 0.1) is 42.0 Å². The zero-order chi connectivity index (χ0) is 25.8. The standard InChI is InChI=1S/C29H32ClN5O2/c1-3-4-22-19-24(7-10-28(22)34-13-11-25(12-14-34)33-15-17-37-18-16-33)32-29(36)27-20-31-35(21(27)2)26-8-5-23(30)6-9-26/h5-10,19-20,25H,11-18H2,1-2H3,(H,32,36). The molecule has 0 saturated carbocycles. The van der Waals surface area contributed by atoms with E-state index < -0.39 is 0 Å². The Bertz CT molecular complexity index is 1310. The van der Waals surface area contributed by atoms with Crippen molar-refractivity contribution in [2.24, 2.45) is 0 Å². The number of nitrogens with one attached hydrogen (secondary N) is 1. The topological polar surface area (TPSA) is 62.6 Å². The fraction of sp³-hybridized carbons (Fsp3) is 0.379. The lowest BCUT2D eigenvalue weighted by molar-refractivity contribution is 0.0115. The van der Waals surface area contributed by atoms with Gasteiger partial charge in [0.1, 0.15) is 0 Å². The highest BCUT2D eigenvalue weighted by molar-refractivity contribution is 6.30. The van der Waals surface area contributed by atoms with Gasteiger partial charge >= 0.3 is 0 Å². The van der Waals surface area contributed by atoms with Crippen molar-refractivity contribution in [1.82, 2.24) is 14.7 Å². The third-order valence-electron chi connectivity index (χ3n) is 7.21. The van der Waals surface area contributed by atoms with Crippen molar-refractivity contribution in [2.75, 3.05) is 49.6 Å². The Labute approximate surface area is 223 Å². The summed E-state index contributed by atoms with van der Waals surface area (Å²) in [5, 5.41) is 8.10. The molecule has 1 aromatic heterocycles. The number of anilines is 2. The van der Waals surface area contributed by atoms with Crippen LogP contribution < -0.4 is 10.2 Å². The second-order valence-electron chi connectivity index (χ2n) is 9.46.